The average molecular weight is 187 g/mol. The van der Waals surface area contributed by atoms with Crippen LogP contribution < -0.4 is 5.73 Å². The normalized spacial score (nSPS) is 28.2. The molecule has 1 aliphatic rings. The number of hydrogen-bond donors (Lipinski definition) is 1. The van der Waals surface area contributed by atoms with E-state index in [4.69, 9.17) is 15.2 Å². The molecule has 13 heavy (non-hydrogen) atoms. The molecular formula is C10H21NO2. The van der Waals surface area contributed by atoms with Gasteiger partial charge in [-0.15, -0.1) is 0 Å². The van der Waals surface area contributed by atoms with Gasteiger partial charge in [-0.2, -0.15) is 0 Å². The second kappa shape index (κ2) is 6.35. The summed E-state index contributed by atoms with van der Waals surface area (Å²) in [7, 11) is 0. The van der Waals surface area contributed by atoms with Gasteiger partial charge in [-0.05, 0) is 12.8 Å². The first-order chi connectivity index (χ1) is 6.36. The van der Waals surface area contributed by atoms with Crippen LogP contribution in [0.3, 0.4) is 0 Å². The minimum Gasteiger partial charge on any atom is -0.350 e. The molecule has 0 spiro atoms. The SMILES string of the molecule is CCCCCCC1OCC(CN)O1. The molecule has 0 radical (unpaired) electrons. The Hall–Kier alpha value is -0.120. The lowest BCUT2D eigenvalue weighted by Gasteiger charge is -2.09. The molecule has 0 aromatic carbocycles. The molecule has 1 heterocycles. The van der Waals surface area contributed by atoms with Crippen LogP contribution in [0.2, 0.25) is 0 Å². The van der Waals surface area contributed by atoms with E-state index in [9.17, 15) is 0 Å². The summed E-state index contributed by atoms with van der Waals surface area (Å²) in [6, 6.07) is 0. The zero-order valence-corrected chi connectivity index (χ0v) is 8.50. The Morgan fingerprint density at radius 3 is 2.77 bits per heavy atom. The fourth-order valence-corrected chi connectivity index (χ4v) is 1.52. The van der Waals surface area contributed by atoms with Gasteiger partial charge < -0.3 is 15.2 Å². The zero-order chi connectivity index (χ0) is 9.52. The van der Waals surface area contributed by atoms with Gasteiger partial charge >= 0.3 is 0 Å². The van der Waals surface area contributed by atoms with Gasteiger partial charge in [0, 0.05) is 6.54 Å². The maximum Gasteiger partial charge on any atom is 0.158 e. The van der Waals surface area contributed by atoms with Gasteiger partial charge in [0.1, 0.15) is 0 Å². The molecule has 0 saturated carbocycles. The van der Waals surface area contributed by atoms with Gasteiger partial charge in [-0.3, -0.25) is 0 Å². The van der Waals surface area contributed by atoms with Crippen molar-refractivity contribution in [3.05, 3.63) is 0 Å². The van der Waals surface area contributed by atoms with E-state index in [0.29, 0.717) is 13.2 Å². The van der Waals surface area contributed by atoms with Gasteiger partial charge in [0.25, 0.3) is 0 Å². The number of hydrogen-bond acceptors (Lipinski definition) is 3. The lowest BCUT2D eigenvalue weighted by atomic mass is 10.1. The molecule has 78 valence electrons. The second-order valence-corrected chi connectivity index (χ2v) is 3.61. The van der Waals surface area contributed by atoms with Gasteiger partial charge in [0.2, 0.25) is 0 Å². The molecule has 1 rings (SSSR count). The highest BCUT2D eigenvalue weighted by atomic mass is 16.7. The molecule has 2 atom stereocenters. The third kappa shape index (κ3) is 4.07. The summed E-state index contributed by atoms with van der Waals surface area (Å²) in [5, 5.41) is 0. The minimum atomic E-state index is 0.0189. The predicted molar refractivity (Wildman–Crippen MR) is 52.4 cm³/mol. The quantitative estimate of drug-likeness (QED) is 0.643. The Balaban J connectivity index is 1.97. The maximum atomic E-state index is 5.54. The first kappa shape index (κ1) is 11.0. The smallest absolute Gasteiger partial charge is 0.158 e. The number of rotatable bonds is 6. The summed E-state index contributed by atoms with van der Waals surface area (Å²) in [6.07, 6.45) is 6.26. The topological polar surface area (TPSA) is 44.5 Å². The van der Waals surface area contributed by atoms with E-state index in [2.05, 4.69) is 6.92 Å². The Labute approximate surface area is 80.6 Å². The van der Waals surface area contributed by atoms with E-state index in [1.165, 1.54) is 25.7 Å². The summed E-state index contributed by atoms with van der Waals surface area (Å²) in [5.41, 5.74) is 5.47. The van der Waals surface area contributed by atoms with Crippen LogP contribution in [0.4, 0.5) is 0 Å². The molecular weight excluding hydrogens is 166 g/mol. The summed E-state index contributed by atoms with van der Waals surface area (Å²) < 4.78 is 11.0. The van der Waals surface area contributed by atoms with Crippen molar-refractivity contribution in [3.63, 3.8) is 0 Å². The first-order valence-corrected chi connectivity index (χ1v) is 5.34. The van der Waals surface area contributed by atoms with Crippen LogP contribution in [0.1, 0.15) is 39.0 Å². The number of ether oxygens (including phenoxy) is 2. The molecule has 1 saturated heterocycles. The fourth-order valence-electron chi connectivity index (χ4n) is 1.52. The Morgan fingerprint density at radius 2 is 2.15 bits per heavy atom. The largest absolute Gasteiger partial charge is 0.350 e. The lowest BCUT2D eigenvalue weighted by molar-refractivity contribution is -0.0616. The number of nitrogens with two attached hydrogens (primary N) is 1. The van der Waals surface area contributed by atoms with E-state index in [1.807, 2.05) is 0 Å². The van der Waals surface area contributed by atoms with Crippen molar-refractivity contribution in [1.82, 2.24) is 0 Å². The molecule has 0 aromatic rings. The van der Waals surface area contributed by atoms with Crippen LogP contribution in [0, 0.1) is 0 Å². The Bertz CT molecular complexity index is 130. The highest BCUT2D eigenvalue weighted by molar-refractivity contribution is 4.65. The Morgan fingerprint density at radius 1 is 1.31 bits per heavy atom. The van der Waals surface area contributed by atoms with Crippen molar-refractivity contribution in [3.8, 4) is 0 Å². The van der Waals surface area contributed by atoms with Gasteiger partial charge in [0.05, 0.1) is 12.7 Å². The van der Waals surface area contributed by atoms with E-state index in [-0.39, 0.29) is 12.4 Å². The lowest BCUT2D eigenvalue weighted by Crippen LogP contribution is -2.22. The summed E-state index contributed by atoms with van der Waals surface area (Å²) in [4.78, 5) is 0. The van der Waals surface area contributed by atoms with Crippen molar-refractivity contribution >= 4 is 0 Å². The fraction of sp³-hybridized carbons (Fsp3) is 1.00. The van der Waals surface area contributed by atoms with E-state index in [0.717, 1.165) is 6.42 Å². The van der Waals surface area contributed by atoms with Gasteiger partial charge in [-0.1, -0.05) is 26.2 Å². The summed E-state index contributed by atoms with van der Waals surface area (Å²) in [6.45, 7) is 3.47. The Kier molecular flexibility index (Phi) is 5.35. The van der Waals surface area contributed by atoms with Crippen LogP contribution in [0.5, 0.6) is 0 Å². The molecule has 3 heteroatoms. The second-order valence-electron chi connectivity index (χ2n) is 3.61. The van der Waals surface area contributed by atoms with Crippen molar-refractivity contribution in [1.29, 1.82) is 0 Å². The third-order valence-electron chi connectivity index (χ3n) is 2.37. The van der Waals surface area contributed by atoms with Crippen molar-refractivity contribution in [2.75, 3.05) is 13.2 Å². The summed E-state index contributed by atoms with van der Waals surface area (Å²) >= 11 is 0. The molecule has 3 nitrogen and oxygen atoms in total. The van der Waals surface area contributed by atoms with E-state index in [1.54, 1.807) is 0 Å². The van der Waals surface area contributed by atoms with Crippen LogP contribution in [-0.2, 0) is 9.47 Å². The molecule has 0 aliphatic carbocycles. The standard InChI is InChI=1S/C10H21NO2/c1-2-3-4-5-6-10-12-8-9(7-11)13-10/h9-10H,2-8,11H2,1H3. The van der Waals surface area contributed by atoms with Crippen LogP contribution >= 0.6 is 0 Å². The maximum absolute atomic E-state index is 5.54. The van der Waals surface area contributed by atoms with Crippen LogP contribution in [0.15, 0.2) is 0 Å². The predicted octanol–water partition coefficient (Wildman–Crippen LogP) is 1.66. The van der Waals surface area contributed by atoms with Crippen molar-refractivity contribution < 1.29 is 9.47 Å². The molecule has 1 fully saturated rings. The molecule has 1 aliphatic heterocycles. The van der Waals surface area contributed by atoms with E-state index < -0.39 is 0 Å². The van der Waals surface area contributed by atoms with Crippen molar-refractivity contribution in [2.24, 2.45) is 5.73 Å². The highest BCUT2D eigenvalue weighted by Gasteiger charge is 2.23. The average Bonchev–Trinajstić information content (AvgIpc) is 2.60. The molecule has 0 amide bonds. The monoisotopic (exact) mass is 187 g/mol. The van der Waals surface area contributed by atoms with E-state index >= 15 is 0 Å². The van der Waals surface area contributed by atoms with Gasteiger partial charge in [-0.25, -0.2) is 0 Å². The number of unbranched alkanes of at least 4 members (excludes halogenated alkanes) is 3. The van der Waals surface area contributed by atoms with Crippen LogP contribution in [-0.4, -0.2) is 25.5 Å². The van der Waals surface area contributed by atoms with Crippen LogP contribution in [0.25, 0.3) is 0 Å². The first-order valence-electron chi connectivity index (χ1n) is 5.34. The minimum absolute atomic E-state index is 0.0189. The van der Waals surface area contributed by atoms with Crippen molar-refractivity contribution in [2.45, 2.75) is 51.4 Å². The molecule has 0 bridgehead atoms. The molecule has 2 unspecified atom stereocenters. The zero-order valence-electron chi connectivity index (χ0n) is 8.50. The third-order valence-corrected chi connectivity index (χ3v) is 2.37. The van der Waals surface area contributed by atoms with Gasteiger partial charge in [0.15, 0.2) is 6.29 Å². The summed E-state index contributed by atoms with van der Waals surface area (Å²) in [5.74, 6) is 0. The highest BCUT2D eigenvalue weighted by Crippen LogP contribution is 2.16. The molecule has 2 N–H and O–H groups in total. The molecule has 0 aromatic heterocycles.